The zero-order valence-corrected chi connectivity index (χ0v) is 15.0. The second kappa shape index (κ2) is 5.52. The molecule has 3 heteroatoms. The molecule has 5 rings (SSSR count). The van der Waals surface area contributed by atoms with E-state index in [0.717, 1.165) is 21.9 Å². The van der Waals surface area contributed by atoms with Gasteiger partial charge in [-0.25, -0.2) is 0 Å². The van der Waals surface area contributed by atoms with Gasteiger partial charge in [-0.2, -0.15) is 0 Å². The molecule has 0 fully saturated rings. The molecule has 0 bridgehead atoms. The van der Waals surface area contributed by atoms with Crippen molar-refractivity contribution >= 4 is 22.3 Å². The van der Waals surface area contributed by atoms with Crippen molar-refractivity contribution < 1.29 is 14.0 Å². The summed E-state index contributed by atoms with van der Waals surface area (Å²) in [6.45, 7) is 3.84. The number of hydrogen-bond donors (Lipinski definition) is 0. The lowest BCUT2D eigenvalue weighted by Crippen LogP contribution is -2.21. The van der Waals surface area contributed by atoms with Gasteiger partial charge in [0.1, 0.15) is 11.5 Å². The Morgan fingerprint density at radius 1 is 0.667 bits per heavy atom. The summed E-state index contributed by atoms with van der Waals surface area (Å²) < 4.78 is 6.17. The van der Waals surface area contributed by atoms with Gasteiger partial charge in [0.15, 0.2) is 0 Å². The van der Waals surface area contributed by atoms with E-state index in [4.69, 9.17) is 4.42 Å². The van der Waals surface area contributed by atoms with Crippen LogP contribution in [0.1, 0.15) is 31.8 Å². The molecule has 3 nitrogen and oxygen atoms in total. The van der Waals surface area contributed by atoms with Gasteiger partial charge in [0.2, 0.25) is 11.6 Å². The van der Waals surface area contributed by atoms with E-state index >= 15 is 0 Å². The smallest absolute Gasteiger partial charge is 0.237 e. The zero-order valence-electron chi connectivity index (χ0n) is 15.0. The van der Waals surface area contributed by atoms with Gasteiger partial charge in [-0.15, -0.1) is 0 Å². The lowest BCUT2D eigenvalue weighted by Gasteiger charge is -2.16. The van der Waals surface area contributed by atoms with Crippen molar-refractivity contribution in [3.8, 4) is 22.6 Å². The van der Waals surface area contributed by atoms with Crippen molar-refractivity contribution in [3.05, 3.63) is 82.9 Å². The fraction of sp³-hybridized carbons (Fsp3) is 0.0833. The molecule has 0 atom stereocenters. The maximum absolute atomic E-state index is 13.0. The molecule has 0 aliphatic heterocycles. The molecule has 27 heavy (non-hydrogen) atoms. The third-order valence-corrected chi connectivity index (χ3v) is 5.37. The minimum atomic E-state index is -0.491. The van der Waals surface area contributed by atoms with Crippen LogP contribution in [0.3, 0.4) is 0 Å². The minimum absolute atomic E-state index is 0.387. The molecule has 3 aromatic carbocycles. The maximum Gasteiger partial charge on any atom is 0.237 e. The fourth-order valence-corrected chi connectivity index (χ4v) is 4.02. The number of furan rings is 1. The molecule has 130 valence electrons. The minimum Gasteiger partial charge on any atom is -0.455 e. The highest BCUT2D eigenvalue weighted by Crippen LogP contribution is 2.43. The van der Waals surface area contributed by atoms with Crippen LogP contribution in [0.5, 0.6) is 0 Å². The number of carbonyl (C=O) groups excluding carboxylic acids is 2. The average Bonchev–Trinajstić information content (AvgIpc) is 3.04. The summed E-state index contributed by atoms with van der Waals surface area (Å²) in [5, 5.41) is 1.78. The summed E-state index contributed by atoms with van der Waals surface area (Å²) in [6.07, 6.45) is 0. The van der Waals surface area contributed by atoms with Gasteiger partial charge in [0.05, 0.1) is 5.56 Å². The van der Waals surface area contributed by atoms with Crippen LogP contribution < -0.4 is 0 Å². The standard InChI is InChI=1S/C24H16O3/c1-13-7-6-10-17-16(13)11-12-18-20(17)22(26)21(25)19-14(2)23(27-24(18)19)15-8-4-3-5-9-15/h3-12H,1-2H3. The van der Waals surface area contributed by atoms with E-state index in [0.29, 0.717) is 33.8 Å². The molecule has 0 saturated heterocycles. The van der Waals surface area contributed by atoms with Crippen LogP contribution in [0, 0.1) is 13.8 Å². The summed E-state index contributed by atoms with van der Waals surface area (Å²) >= 11 is 0. The summed E-state index contributed by atoms with van der Waals surface area (Å²) in [6, 6.07) is 19.4. The Kier molecular flexibility index (Phi) is 3.22. The number of aryl methyl sites for hydroxylation is 1. The predicted molar refractivity (Wildman–Crippen MR) is 105 cm³/mol. The Morgan fingerprint density at radius 3 is 2.19 bits per heavy atom. The third kappa shape index (κ3) is 2.08. The second-order valence-corrected chi connectivity index (χ2v) is 6.94. The Morgan fingerprint density at radius 2 is 1.41 bits per heavy atom. The summed E-state index contributed by atoms with van der Waals surface area (Å²) in [4.78, 5) is 26.0. The van der Waals surface area contributed by atoms with Crippen LogP contribution >= 0.6 is 0 Å². The predicted octanol–water partition coefficient (Wildman–Crippen LogP) is 5.76. The van der Waals surface area contributed by atoms with Crippen LogP contribution in [0.25, 0.3) is 33.4 Å². The topological polar surface area (TPSA) is 47.3 Å². The van der Waals surface area contributed by atoms with Gasteiger partial charge in [-0.3, -0.25) is 9.59 Å². The lowest BCUT2D eigenvalue weighted by atomic mass is 9.83. The van der Waals surface area contributed by atoms with Crippen molar-refractivity contribution in [2.75, 3.05) is 0 Å². The molecule has 0 N–H and O–H groups in total. The molecule has 0 radical (unpaired) electrons. The first kappa shape index (κ1) is 15.8. The first-order chi connectivity index (χ1) is 13.1. The normalized spacial score (nSPS) is 13.0. The quantitative estimate of drug-likeness (QED) is 0.409. The molecular weight excluding hydrogens is 336 g/mol. The highest BCUT2D eigenvalue weighted by atomic mass is 16.3. The van der Waals surface area contributed by atoms with E-state index in [-0.39, 0.29) is 0 Å². The van der Waals surface area contributed by atoms with Gasteiger partial charge in [0, 0.05) is 22.3 Å². The van der Waals surface area contributed by atoms with Crippen LogP contribution in [-0.4, -0.2) is 11.6 Å². The van der Waals surface area contributed by atoms with Gasteiger partial charge in [-0.05, 0) is 36.2 Å². The van der Waals surface area contributed by atoms with Crippen molar-refractivity contribution in [1.29, 1.82) is 0 Å². The van der Waals surface area contributed by atoms with E-state index in [1.165, 1.54) is 0 Å². The number of ketones is 2. The van der Waals surface area contributed by atoms with Gasteiger partial charge in [0.25, 0.3) is 0 Å². The monoisotopic (exact) mass is 352 g/mol. The number of carbonyl (C=O) groups is 2. The number of fused-ring (bicyclic) bond motifs is 5. The van der Waals surface area contributed by atoms with Crippen molar-refractivity contribution in [3.63, 3.8) is 0 Å². The molecule has 0 unspecified atom stereocenters. The molecule has 0 spiro atoms. The third-order valence-electron chi connectivity index (χ3n) is 5.37. The van der Waals surface area contributed by atoms with E-state index in [9.17, 15) is 9.59 Å². The van der Waals surface area contributed by atoms with E-state index in [1.54, 1.807) is 0 Å². The average molecular weight is 352 g/mol. The highest BCUT2D eigenvalue weighted by molar-refractivity contribution is 6.54. The molecule has 1 heterocycles. The van der Waals surface area contributed by atoms with Gasteiger partial charge < -0.3 is 4.42 Å². The molecule has 1 aromatic heterocycles. The van der Waals surface area contributed by atoms with Crippen LogP contribution in [0.4, 0.5) is 0 Å². The molecule has 1 aliphatic carbocycles. The van der Waals surface area contributed by atoms with Crippen LogP contribution in [0.2, 0.25) is 0 Å². The van der Waals surface area contributed by atoms with Crippen LogP contribution in [0.15, 0.2) is 65.1 Å². The first-order valence-electron chi connectivity index (χ1n) is 8.88. The number of benzene rings is 3. The molecule has 0 amide bonds. The molecule has 4 aromatic rings. The second-order valence-electron chi connectivity index (χ2n) is 6.94. The van der Waals surface area contributed by atoms with Gasteiger partial charge >= 0.3 is 0 Å². The summed E-state index contributed by atoms with van der Waals surface area (Å²) in [5.41, 5.74) is 4.20. The lowest BCUT2D eigenvalue weighted by molar-refractivity contribution is 0.0815. The first-order valence-corrected chi connectivity index (χ1v) is 8.88. The Bertz CT molecular complexity index is 1260. The number of hydrogen-bond acceptors (Lipinski definition) is 3. The molecule has 1 aliphatic rings. The zero-order chi connectivity index (χ0) is 18.7. The summed E-state index contributed by atoms with van der Waals surface area (Å²) in [7, 11) is 0. The maximum atomic E-state index is 13.0. The SMILES string of the molecule is Cc1c(-c2ccccc2)oc2c1C(=O)C(=O)c1c-2ccc2c(C)cccc12. The van der Waals surface area contributed by atoms with Crippen molar-refractivity contribution in [1.82, 2.24) is 0 Å². The van der Waals surface area contributed by atoms with Gasteiger partial charge in [-0.1, -0.05) is 54.6 Å². The van der Waals surface area contributed by atoms with E-state index in [2.05, 4.69) is 0 Å². The highest BCUT2D eigenvalue weighted by Gasteiger charge is 2.37. The van der Waals surface area contributed by atoms with Crippen molar-refractivity contribution in [2.45, 2.75) is 13.8 Å². The fourth-order valence-electron chi connectivity index (χ4n) is 4.02. The Balaban J connectivity index is 1.86. The summed E-state index contributed by atoms with van der Waals surface area (Å²) in [5.74, 6) is 0.181. The molecular formula is C24H16O3. The van der Waals surface area contributed by atoms with E-state index in [1.807, 2.05) is 74.5 Å². The van der Waals surface area contributed by atoms with Crippen molar-refractivity contribution in [2.24, 2.45) is 0 Å². The number of rotatable bonds is 1. The number of Topliss-reactive ketones (excluding diaryl/α,β-unsaturated/α-hetero) is 2. The van der Waals surface area contributed by atoms with E-state index < -0.39 is 11.6 Å². The Labute approximate surface area is 156 Å². The largest absolute Gasteiger partial charge is 0.455 e. The van der Waals surface area contributed by atoms with Crippen LogP contribution in [-0.2, 0) is 0 Å². The Hall–Kier alpha value is -3.46. The molecule has 0 saturated carbocycles.